The highest BCUT2D eigenvalue weighted by Crippen LogP contribution is 2.30. The summed E-state index contributed by atoms with van der Waals surface area (Å²) >= 11 is 1.78. The Hall–Kier alpha value is -0.760. The van der Waals surface area contributed by atoms with Crippen LogP contribution < -0.4 is 0 Å². The zero-order valence-corrected chi connectivity index (χ0v) is 8.06. The summed E-state index contributed by atoms with van der Waals surface area (Å²) in [5, 5.41) is 0.507. The van der Waals surface area contributed by atoms with Gasteiger partial charge in [0.1, 0.15) is 0 Å². The predicted octanol–water partition coefficient (Wildman–Crippen LogP) is 2.92. The van der Waals surface area contributed by atoms with Crippen LogP contribution in [0.4, 0.5) is 0 Å². The predicted molar refractivity (Wildman–Crippen MR) is 55.5 cm³/mol. The van der Waals surface area contributed by atoms with Crippen molar-refractivity contribution in [1.82, 2.24) is 0 Å². The van der Waals surface area contributed by atoms with Crippen molar-refractivity contribution in [2.75, 3.05) is 0 Å². The molecule has 0 fully saturated rings. The van der Waals surface area contributed by atoms with Crippen molar-refractivity contribution in [2.24, 2.45) is 4.99 Å². The molecule has 1 nitrogen and oxygen atoms in total. The fourth-order valence-corrected chi connectivity index (χ4v) is 2.27. The lowest BCUT2D eigenvalue weighted by Crippen LogP contribution is -2.05. The van der Waals surface area contributed by atoms with E-state index in [1.54, 1.807) is 11.8 Å². The van der Waals surface area contributed by atoms with Crippen LogP contribution in [0.15, 0.2) is 40.1 Å². The highest BCUT2D eigenvalue weighted by atomic mass is 32.2. The molecule has 0 saturated heterocycles. The minimum Gasteiger partial charge on any atom is -0.250 e. The average molecular weight is 177 g/mol. The Morgan fingerprint density at radius 2 is 2.17 bits per heavy atom. The second kappa shape index (κ2) is 2.94. The molecule has 1 heterocycles. The minimum absolute atomic E-state index is 0.507. The first kappa shape index (κ1) is 7.87. The van der Waals surface area contributed by atoms with E-state index in [4.69, 9.17) is 0 Å². The van der Waals surface area contributed by atoms with Crippen molar-refractivity contribution in [2.45, 2.75) is 19.1 Å². The Morgan fingerprint density at radius 1 is 1.33 bits per heavy atom. The lowest BCUT2D eigenvalue weighted by Gasteiger charge is -2.15. The van der Waals surface area contributed by atoms with Gasteiger partial charge >= 0.3 is 0 Å². The number of thioether (sulfide) groups is 1. The summed E-state index contributed by atoms with van der Waals surface area (Å²) in [4.78, 5) is 4.32. The van der Waals surface area contributed by atoms with Crippen LogP contribution >= 0.6 is 11.8 Å². The third-order valence-corrected chi connectivity index (χ3v) is 3.16. The van der Waals surface area contributed by atoms with Gasteiger partial charge in [0.15, 0.2) is 0 Å². The Balaban J connectivity index is 2.47. The molecule has 0 radical (unpaired) electrons. The third-order valence-electron chi connectivity index (χ3n) is 2.15. The van der Waals surface area contributed by atoms with Crippen LogP contribution in [0.1, 0.15) is 13.8 Å². The molecule has 0 amide bonds. The average Bonchev–Trinajstić information content (AvgIpc) is 2.17. The molecule has 1 aliphatic heterocycles. The fraction of sp³-hybridized carbons (Fsp3) is 0.300. The number of rotatable bonds is 0. The van der Waals surface area contributed by atoms with Crippen LogP contribution in [0.2, 0.25) is 0 Å². The second-order valence-corrected chi connectivity index (χ2v) is 4.09. The first-order valence-corrected chi connectivity index (χ1v) is 4.97. The molecule has 1 aliphatic carbocycles. The fourth-order valence-electron chi connectivity index (χ4n) is 1.35. The van der Waals surface area contributed by atoms with Gasteiger partial charge < -0.3 is 0 Å². The Morgan fingerprint density at radius 3 is 3.00 bits per heavy atom. The van der Waals surface area contributed by atoms with E-state index in [9.17, 15) is 0 Å². The Labute approximate surface area is 77.0 Å². The zero-order valence-electron chi connectivity index (χ0n) is 7.24. The SMILES string of the molecule is CC1=CC2SC=NC(=C2C)C=C1. The smallest absolute Gasteiger partial charge is 0.0639 e. The first-order chi connectivity index (χ1) is 5.77. The van der Waals surface area contributed by atoms with E-state index in [0.29, 0.717) is 5.25 Å². The van der Waals surface area contributed by atoms with Gasteiger partial charge in [0.05, 0.1) is 16.5 Å². The molecular weight excluding hydrogens is 166 g/mol. The maximum absolute atomic E-state index is 4.32. The Kier molecular flexibility index (Phi) is 1.93. The van der Waals surface area contributed by atoms with Gasteiger partial charge in [0.2, 0.25) is 0 Å². The van der Waals surface area contributed by atoms with E-state index in [0.717, 1.165) is 5.70 Å². The van der Waals surface area contributed by atoms with E-state index >= 15 is 0 Å². The van der Waals surface area contributed by atoms with Gasteiger partial charge in [-0.3, -0.25) is 4.99 Å². The maximum Gasteiger partial charge on any atom is 0.0639 e. The summed E-state index contributed by atoms with van der Waals surface area (Å²) in [6.07, 6.45) is 6.51. The molecule has 2 aliphatic rings. The van der Waals surface area contributed by atoms with Crippen molar-refractivity contribution in [3.8, 4) is 0 Å². The van der Waals surface area contributed by atoms with Gasteiger partial charge in [0, 0.05) is 0 Å². The molecule has 0 aromatic rings. The summed E-state index contributed by atoms with van der Waals surface area (Å²) in [6, 6.07) is 0. The topological polar surface area (TPSA) is 12.4 Å². The maximum atomic E-state index is 4.32. The summed E-state index contributed by atoms with van der Waals surface area (Å²) in [6.45, 7) is 4.29. The summed E-state index contributed by atoms with van der Waals surface area (Å²) < 4.78 is 0. The van der Waals surface area contributed by atoms with E-state index < -0.39 is 0 Å². The standard InChI is InChI=1S/C10H11NS/c1-7-3-4-9-8(2)10(5-7)12-6-11-9/h3-6,10H,1-2H3. The van der Waals surface area contributed by atoms with Crippen molar-refractivity contribution in [1.29, 1.82) is 0 Å². The first-order valence-electron chi connectivity index (χ1n) is 4.02. The van der Waals surface area contributed by atoms with Crippen molar-refractivity contribution < 1.29 is 0 Å². The summed E-state index contributed by atoms with van der Waals surface area (Å²) in [5.41, 5.74) is 5.77. The molecule has 0 aromatic carbocycles. The number of allylic oxidation sites excluding steroid dienone is 3. The lowest BCUT2D eigenvalue weighted by atomic mass is 10.1. The summed E-state index contributed by atoms with van der Waals surface area (Å²) in [7, 11) is 0. The molecule has 2 heteroatoms. The second-order valence-electron chi connectivity index (χ2n) is 3.10. The molecular formula is C10H11NS. The van der Waals surface area contributed by atoms with E-state index in [1.807, 2.05) is 5.55 Å². The van der Waals surface area contributed by atoms with E-state index in [1.165, 1.54) is 11.1 Å². The molecule has 12 heavy (non-hydrogen) atoms. The molecule has 0 N–H and O–H groups in total. The van der Waals surface area contributed by atoms with Crippen LogP contribution in [-0.4, -0.2) is 10.8 Å². The van der Waals surface area contributed by atoms with Gasteiger partial charge in [-0.25, -0.2) is 0 Å². The highest BCUT2D eigenvalue weighted by molar-refractivity contribution is 8.13. The Bertz CT molecular complexity index is 321. The van der Waals surface area contributed by atoms with Gasteiger partial charge in [-0.2, -0.15) is 0 Å². The molecule has 0 aromatic heterocycles. The lowest BCUT2D eigenvalue weighted by molar-refractivity contribution is 1.16. The minimum atomic E-state index is 0.507. The van der Waals surface area contributed by atoms with Gasteiger partial charge in [-0.15, -0.1) is 11.8 Å². The monoisotopic (exact) mass is 177 g/mol. The van der Waals surface area contributed by atoms with Gasteiger partial charge in [-0.1, -0.05) is 17.7 Å². The molecule has 0 spiro atoms. The number of fused-ring (bicyclic) bond motifs is 1. The van der Waals surface area contributed by atoms with Crippen LogP contribution in [0.5, 0.6) is 0 Å². The molecule has 0 saturated carbocycles. The molecule has 1 atom stereocenters. The zero-order chi connectivity index (χ0) is 8.55. The van der Waals surface area contributed by atoms with Crippen molar-refractivity contribution in [3.05, 3.63) is 35.1 Å². The largest absolute Gasteiger partial charge is 0.250 e. The van der Waals surface area contributed by atoms with Crippen LogP contribution in [0, 0.1) is 0 Å². The van der Waals surface area contributed by atoms with Crippen LogP contribution in [-0.2, 0) is 0 Å². The quantitative estimate of drug-likeness (QED) is 0.554. The third kappa shape index (κ3) is 1.27. The normalized spacial score (nSPS) is 27.2. The number of aliphatic imine (C=N–C) groups is 1. The van der Waals surface area contributed by atoms with Gasteiger partial charge in [-0.05, 0) is 25.5 Å². The number of hydrogen-bond donors (Lipinski definition) is 0. The summed E-state index contributed by atoms with van der Waals surface area (Å²) in [5.74, 6) is 0. The van der Waals surface area contributed by atoms with E-state index in [2.05, 4.69) is 37.1 Å². The van der Waals surface area contributed by atoms with Crippen molar-refractivity contribution in [3.63, 3.8) is 0 Å². The number of nitrogens with zero attached hydrogens (tertiary/aromatic N) is 1. The highest BCUT2D eigenvalue weighted by Gasteiger charge is 2.16. The van der Waals surface area contributed by atoms with Gasteiger partial charge in [0.25, 0.3) is 0 Å². The molecule has 1 unspecified atom stereocenters. The molecule has 2 rings (SSSR count). The van der Waals surface area contributed by atoms with Crippen LogP contribution in [0.25, 0.3) is 0 Å². The van der Waals surface area contributed by atoms with Crippen molar-refractivity contribution >= 4 is 17.3 Å². The number of hydrogen-bond acceptors (Lipinski definition) is 2. The van der Waals surface area contributed by atoms with E-state index in [-0.39, 0.29) is 0 Å². The molecule has 2 bridgehead atoms. The van der Waals surface area contributed by atoms with Crippen LogP contribution in [0.3, 0.4) is 0 Å². The molecule has 62 valence electrons.